The fraction of sp³-hybridized carbons (Fsp3) is 0.300. The Bertz CT molecular complexity index is 800. The van der Waals surface area contributed by atoms with Gasteiger partial charge in [-0.3, -0.25) is 0 Å². The van der Waals surface area contributed by atoms with Gasteiger partial charge in [0.25, 0.3) is 0 Å². The van der Waals surface area contributed by atoms with Crippen molar-refractivity contribution >= 4 is 11.9 Å². The molecule has 0 saturated carbocycles. The molecule has 7 heteroatoms. The number of hydrogen-bond donors (Lipinski definition) is 0. The number of rotatable bonds is 6. The van der Waals surface area contributed by atoms with E-state index in [-0.39, 0.29) is 22.6 Å². The Balaban J connectivity index is 2.39. The van der Waals surface area contributed by atoms with E-state index in [1.807, 2.05) is 0 Å². The van der Waals surface area contributed by atoms with Gasteiger partial charge in [0.1, 0.15) is 34.1 Å². The molecule has 2 aromatic carbocycles. The predicted molar refractivity (Wildman–Crippen MR) is 98.3 cm³/mol. The molecule has 0 bridgehead atoms. The third-order valence-corrected chi connectivity index (χ3v) is 4.05. The van der Waals surface area contributed by atoms with Crippen molar-refractivity contribution in [2.45, 2.75) is 13.8 Å². The first kappa shape index (κ1) is 20.1. The van der Waals surface area contributed by atoms with E-state index in [4.69, 9.17) is 23.7 Å². The van der Waals surface area contributed by atoms with Gasteiger partial charge in [0.05, 0.1) is 28.4 Å². The lowest BCUT2D eigenvalue weighted by Gasteiger charge is -2.14. The number of carbonyl (C=O) groups is 2. The summed E-state index contributed by atoms with van der Waals surface area (Å²) in [6.45, 7) is 3.40. The summed E-state index contributed by atoms with van der Waals surface area (Å²) in [4.78, 5) is 25.3. The molecule has 0 N–H and O–H groups in total. The quantitative estimate of drug-likeness (QED) is 0.567. The molecule has 2 rings (SSSR count). The van der Waals surface area contributed by atoms with Crippen molar-refractivity contribution in [3.05, 3.63) is 46.5 Å². The molecule has 27 heavy (non-hydrogen) atoms. The zero-order chi connectivity index (χ0) is 20.1. The normalized spacial score (nSPS) is 10.1. The highest BCUT2D eigenvalue weighted by Gasteiger charge is 2.25. The third-order valence-electron chi connectivity index (χ3n) is 4.05. The number of benzene rings is 2. The number of carbonyl (C=O) groups excluding carboxylic acids is 2. The smallest absolute Gasteiger partial charge is 0.350 e. The number of esters is 2. The van der Waals surface area contributed by atoms with Crippen molar-refractivity contribution in [3.63, 3.8) is 0 Å². The van der Waals surface area contributed by atoms with E-state index < -0.39 is 11.9 Å². The minimum Gasteiger partial charge on any atom is -0.497 e. The van der Waals surface area contributed by atoms with Crippen LogP contribution in [0.3, 0.4) is 0 Å². The third kappa shape index (κ3) is 4.13. The van der Waals surface area contributed by atoms with Crippen molar-refractivity contribution in [2.24, 2.45) is 0 Å². The molecule has 0 aliphatic rings. The topological polar surface area (TPSA) is 80.3 Å². The minimum absolute atomic E-state index is 0.150. The van der Waals surface area contributed by atoms with Crippen LogP contribution in [0, 0.1) is 13.8 Å². The Morgan fingerprint density at radius 3 is 1.30 bits per heavy atom. The van der Waals surface area contributed by atoms with Gasteiger partial charge in [-0.15, -0.1) is 0 Å². The van der Waals surface area contributed by atoms with E-state index in [2.05, 4.69) is 0 Å². The second-order valence-corrected chi connectivity index (χ2v) is 5.72. The van der Waals surface area contributed by atoms with Crippen LogP contribution < -0.4 is 18.9 Å². The fourth-order valence-corrected chi connectivity index (χ4v) is 2.71. The van der Waals surface area contributed by atoms with Crippen molar-refractivity contribution in [3.8, 4) is 23.0 Å². The van der Waals surface area contributed by atoms with Gasteiger partial charge >= 0.3 is 11.9 Å². The van der Waals surface area contributed by atoms with Gasteiger partial charge in [-0.05, 0) is 37.1 Å². The highest BCUT2D eigenvalue weighted by atomic mass is 16.6. The molecule has 144 valence electrons. The number of ether oxygens (including phenoxy) is 5. The second kappa shape index (κ2) is 8.44. The van der Waals surface area contributed by atoms with Crippen LogP contribution >= 0.6 is 0 Å². The van der Waals surface area contributed by atoms with E-state index in [0.29, 0.717) is 22.6 Å². The number of hydrogen-bond acceptors (Lipinski definition) is 7. The SMILES string of the molecule is COc1cc(C)c(C(=O)OC(=O)c2c(C)cc(OC)cc2OC)c(OC)c1. The summed E-state index contributed by atoms with van der Waals surface area (Å²) in [6, 6.07) is 6.41. The summed E-state index contributed by atoms with van der Waals surface area (Å²) in [5, 5.41) is 0. The summed E-state index contributed by atoms with van der Waals surface area (Å²) < 4.78 is 25.9. The molecular weight excluding hydrogens is 352 g/mol. The first-order valence-corrected chi connectivity index (χ1v) is 8.08. The molecule has 0 spiro atoms. The Morgan fingerprint density at radius 2 is 1.00 bits per heavy atom. The van der Waals surface area contributed by atoms with Crippen molar-refractivity contribution in [2.75, 3.05) is 28.4 Å². The molecule has 0 atom stereocenters. The average molecular weight is 374 g/mol. The van der Waals surface area contributed by atoms with Gasteiger partial charge in [0, 0.05) is 12.1 Å². The maximum absolute atomic E-state index is 12.6. The highest BCUT2D eigenvalue weighted by molar-refractivity contribution is 6.06. The van der Waals surface area contributed by atoms with Gasteiger partial charge in [-0.25, -0.2) is 9.59 Å². The molecule has 0 amide bonds. The van der Waals surface area contributed by atoms with Gasteiger partial charge < -0.3 is 23.7 Å². The van der Waals surface area contributed by atoms with Gasteiger partial charge in [0.2, 0.25) is 0 Å². The van der Waals surface area contributed by atoms with Crippen molar-refractivity contribution < 1.29 is 33.3 Å². The predicted octanol–water partition coefficient (Wildman–Crippen LogP) is 3.34. The first-order valence-electron chi connectivity index (χ1n) is 8.08. The molecule has 0 aliphatic carbocycles. The molecule has 2 aromatic rings. The van der Waals surface area contributed by atoms with E-state index in [1.54, 1.807) is 38.1 Å². The second-order valence-electron chi connectivity index (χ2n) is 5.72. The van der Waals surface area contributed by atoms with E-state index >= 15 is 0 Å². The van der Waals surface area contributed by atoms with E-state index in [9.17, 15) is 9.59 Å². The monoisotopic (exact) mass is 374 g/mol. The van der Waals surface area contributed by atoms with Crippen LogP contribution in [0.5, 0.6) is 23.0 Å². The zero-order valence-corrected chi connectivity index (χ0v) is 16.2. The molecule has 0 heterocycles. The number of methoxy groups -OCH3 is 4. The lowest BCUT2D eigenvalue weighted by Crippen LogP contribution is -2.17. The van der Waals surface area contributed by atoms with Crippen LogP contribution in [-0.2, 0) is 4.74 Å². The van der Waals surface area contributed by atoms with Crippen LogP contribution in [-0.4, -0.2) is 40.4 Å². The molecule has 0 fully saturated rings. The molecule has 0 radical (unpaired) electrons. The van der Waals surface area contributed by atoms with Crippen LogP contribution in [0.2, 0.25) is 0 Å². The van der Waals surface area contributed by atoms with Crippen molar-refractivity contribution in [1.29, 1.82) is 0 Å². The largest absolute Gasteiger partial charge is 0.497 e. The first-order chi connectivity index (χ1) is 12.9. The molecule has 0 unspecified atom stereocenters. The summed E-state index contributed by atoms with van der Waals surface area (Å²) in [7, 11) is 5.86. The maximum Gasteiger partial charge on any atom is 0.350 e. The van der Waals surface area contributed by atoms with Crippen LogP contribution in [0.4, 0.5) is 0 Å². The lowest BCUT2D eigenvalue weighted by atomic mass is 10.1. The lowest BCUT2D eigenvalue weighted by molar-refractivity contribution is 0.0393. The van der Waals surface area contributed by atoms with Gasteiger partial charge in [0.15, 0.2) is 0 Å². The molecule has 7 nitrogen and oxygen atoms in total. The summed E-state index contributed by atoms with van der Waals surface area (Å²) in [5.74, 6) is -0.0885. The van der Waals surface area contributed by atoms with E-state index in [1.165, 1.54) is 28.4 Å². The summed E-state index contributed by atoms with van der Waals surface area (Å²) >= 11 is 0. The zero-order valence-electron chi connectivity index (χ0n) is 16.2. The van der Waals surface area contributed by atoms with Gasteiger partial charge in [-0.2, -0.15) is 0 Å². The van der Waals surface area contributed by atoms with E-state index in [0.717, 1.165) is 0 Å². The number of aryl methyl sites for hydroxylation is 2. The van der Waals surface area contributed by atoms with Gasteiger partial charge in [-0.1, -0.05) is 0 Å². The maximum atomic E-state index is 12.6. The van der Waals surface area contributed by atoms with Crippen molar-refractivity contribution in [1.82, 2.24) is 0 Å². The molecular formula is C20H22O7. The Morgan fingerprint density at radius 1 is 0.630 bits per heavy atom. The summed E-state index contributed by atoms with van der Waals surface area (Å²) in [6.07, 6.45) is 0. The molecule has 0 aliphatic heterocycles. The van der Waals surface area contributed by atoms with Crippen LogP contribution in [0.25, 0.3) is 0 Å². The highest BCUT2D eigenvalue weighted by Crippen LogP contribution is 2.31. The Labute approximate surface area is 157 Å². The average Bonchev–Trinajstić information content (AvgIpc) is 2.65. The summed E-state index contributed by atoms with van der Waals surface area (Å²) in [5.41, 5.74) is 1.42. The standard InChI is InChI=1S/C20H22O7/c1-11-7-13(23-3)9-15(25-5)17(11)19(21)27-20(22)18-12(2)8-14(24-4)10-16(18)26-6/h7-10H,1-6H3. The molecule has 0 aromatic heterocycles. The Kier molecular flexibility index (Phi) is 6.28. The van der Waals surface area contributed by atoms with Crippen LogP contribution in [0.15, 0.2) is 24.3 Å². The minimum atomic E-state index is -0.825. The molecule has 0 saturated heterocycles. The van der Waals surface area contributed by atoms with Crippen LogP contribution in [0.1, 0.15) is 31.8 Å². The Hall–Kier alpha value is -3.22. The fourth-order valence-electron chi connectivity index (χ4n) is 2.71.